The van der Waals surface area contributed by atoms with E-state index < -0.39 is 0 Å². The van der Waals surface area contributed by atoms with E-state index >= 15 is 0 Å². The summed E-state index contributed by atoms with van der Waals surface area (Å²) in [5.74, 6) is -0.324. The van der Waals surface area contributed by atoms with Crippen molar-refractivity contribution in [2.24, 2.45) is 0 Å². The van der Waals surface area contributed by atoms with Crippen LogP contribution >= 0.6 is 0 Å². The number of hydrogen-bond acceptors (Lipinski definition) is 3. The minimum Gasteiger partial charge on any atom is -0.476 e. The third-order valence-electron chi connectivity index (χ3n) is 2.73. The van der Waals surface area contributed by atoms with Crippen molar-refractivity contribution in [3.8, 4) is 5.88 Å². The summed E-state index contributed by atoms with van der Waals surface area (Å²) in [6.45, 7) is 3.98. The predicted octanol–water partition coefficient (Wildman–Crippen LogP) is 3.18. The van der Waals surface area contributed by atoms with E-state index in [1.807, 2.05) is 6.92 Å². The summed E-state index contributed by atoms with van der Waals surface area (Å²) in [5, 5.41) is 2.72. The van der Waals surface area contributed by atoms with Gasteiger partial charge in [0.15, 0.2) is 0 Å². The number of amides is 1. The molecule has 0 aliphatic heterocycles. The molecular formula is C15H15FN2O2. The number of nitrogens with zero attached hydrogens (tertiary/aromatic N) is 1. The minimum absolute atomic E-state index is 0.323. The first-order valence-corrected chi connectivity index (χ1v) is 6.27. The van der Waals surface area contributed by atoms with Crippen molar-refractivity contribution >= 4 is 11.6 Å². The molecule has 1 heterocycles. The quantitative estimate of drug-likeness (QED) is 0.931. The van der Waals surface area contributed by atoms with Crippen LogP contribution in [-0.4, -0.2) is 17.5 Å². The number of benzene rings is 1. The smallest absolute Gasteiger partial charge is 0.256 e. The zero-order chi connectivity index (χ0) is 14.5. The van der Waals surface area contributed by atoms with Crippen molar-refractivity contribution < 1.29 is 13.9 Å². The molecule has 2 aromatic rings. The molecule has 0 spiro atoms. The van der Waals surface area contributed by atoms with E-state index in [0.717, 1.165) is 0 Å². The number of ether oxygens (including phenoxy) is 1. The van der Waals surface area contributed by atoms with Crippen molar-refractivity contribution in [2.75, 3.05) is 11.9 Å². The van der Waals surface area contributed by atoms with Crippen LogP contribution < -0.4 is 10.1 Å². The molecule has 0 atom stereocenters. The number of anilines is 1. The Morgan fingerprint density at radius 3 is 2.90 bits per heavy atom. The lowest BCUT2D eigenvalue weighted by atomic mass is 10.1. The Labute approximate surface area is 116 Å². The molecule has 1 aromatic carbocycles. The lowest BCUT2D eigenvalue weighted by molar-refractivity contribution is 0.102. The summed E-state index contributed by atoms with van der Waals surface area (Å²) < 4.78 is 18.4. The number of carbonyl (C=O) groups excluding carboxylic acids is 1. The molecule has 2 rings (SSSR count). The first kappa shape index (κ1) is 14.0. The molecule has 0 unspecified atom stereocenters. The van der Waals surface area contributed by atoms with Crippen LogP contribution in [-0.2, 0) is 0 Å². The monoisotopic (exact) mass is 274 g/mol. The van der Waals surface area contributed by atoms with Crippen LogP contribution in [0.4, 0.5) is 10.1 Å². The number of nitrogens with one attached hydrogen (secondary N) is 1. The molecule has 5 heteroatoms. The van der Waals surface area contributed by atoms with E-state index in [9.17, 15) is 9.18 Å². The van der Waals surface area contributed by atoms with Crippen LogP contribution in [0.5, 0.6) is 5.88 Å². The fourth-order valence-corrected chi connectivity index (χ4v) is 1.81. The number of pyridine rings is 1. The average molecular weight is 274 g/mol. The van der Waals surface area contributed by atoms with Gasteiger partial charge in [-0.05, 0) is 49.7 Å². The van der Waals surface area contributed by atoms with Crippen LogP contribution in [0.2, 0.25) is 0 Å². The maximum Gasteiger partial charge on any atom is 0.256 e. The summed E-state index contributed by atoms with van der Waals surface area (Å²) in [6, 6.07) is 7.44. The SMILES string of the molecule is CCOc1ncccc1NC(=O)c1ccc(F)cc1C. The third-order valence-corrected chi connectivity index (χ3v) is 2.73. The molecule has 0 aliphatic rings. The molecule has 0 bridgehead atoms. The average Bonchev–Trinajstić information content (AvgIpc) is 2.41. The standard InChI is InChI=1S/C15H15FN2O2/c1-3-20-15-13(5-4-8-17-15)18-14(19)12-7-6-11(16)9-10(12)2/h4-9H,3H2,1-2H3,(H,18,19). The maximum atomic E-state index is 13.0. The van der Waals surface area contributed by atoms with Crippen LogP contribution in [0, 0.1) is 12.7 Å². The molecule has 0 saturated carbocycles. The summed E-state index contributed by atoms with van der Waals surface area (Å²) in [6.07, 6.45) is 1.59. The predicted molar refractivity (Wildman–Crippen MR) is 74.5 cm³/mol. The zero-order valence-electron chi connectivity index (χ0n) is 11.3. The van der Waals surface area contributed by atoms with Gasteiger partial charge in [-0.1, -0.05) is 0 Å². The van der Waals surface area contributed by atoms with Gasteiger partial charge in [0.25, 0.3) is 5.91 Å². The van der Waals surface area contributed by atoms with E-state index in [1.165, 1.54) is 18.2 Å². The van der Waals surface area contributed by atoms with Crippen LogP contribution in [0.3, 0.4) is 0 Å². The Bertz CT molecular complexity index is 629. The zero-order valence-corrected chi connectivity index (χ0v) is 11.3. The molecule has 0 saturated heterocycles. The van der Waals surface area contributed by atoms with Gasteiger partial charge in [0.05, 0.1) is 6.61 Å². The van der Waals surface area contributed by atoms with E-state index in [4.69, 9.17) is 4.74 Å². The Hall–Kier alpha value is -2.43. The van der Waals surface area contributed by atoms with Crippen molar-refractivity contribution in [2.45, 2.75) is 13.8 Å². The number of aromatic nitrogens is 1. The lowest BCUT2D eigenvalue weighted by Crippen LogP contribution is -2.14. The highest BCUT2D eigenvalue weighted by molar-refractivity contribution is 6.05. The topological polar surface area (TPSA) is 51.2 Å². The molecule has 0 aliphatic carbocycles. The highest BCUT2D eigenvalue weighted by Crippen LogP contribution is 2.22. The van der Waals surface area contributed by atoms with Crippen LogP contribution in [0.1, 0.15) is 22.8 Å². The number of rotatable bonds is 4. The van der Waals surface area contributed by atoms with Gasteiger partial charge in [-0.3, -0.25) is 4.79 Å². The number of halogens is 1. The first-order chi connectivity index (χ1) is 9.61. The van der Waals surface area contributed by atoms with Crippen molar-refractivity contribution in [3.63, 3.8) is 0 Å². The van der Waals surface area contributed by atoms with Gasteiger partial charge in [0.2, 0.25) is 5.88 Å². The van der Waals surface area contributed by atoms with E-state index in [1.54, 1.807) is 25.3 Å². The minimum atomic E-state index is -0.365. The van der Waals surface area contributed by atoms with E-state index in [2.05, 4.69) is 10.3 Å². The molecule has 1 amide bonds. The van der Waals surface area contributed by atoms with Gasteiger partial charge in [-0.15, -0.1) is 0 Å². The normalized spacial score (nSPS) is 10.2. The van der Waals surface area contributed by atoms with Gasteiger partial charge in [0, 0.05) is 11.8 Å². The molecule has 4 nitrogen and oxygen atoms in total. The second kappa shape index (κ2) is 6.14. The fourth-order valence-electron chi connectivity index (χ4n) is 1.81. The molecule has 0 fully saturated rings. The second-order valence-corrected chi connectivity index (χ2v) is 4.20. The number of hydrogen-bond donors (Lipinski definition) is 1. The highest BCUT2D eigenvalue weighted by Gasteiger charge is 2.13. The van der Waals surface area contributed by atoms with Crippen molar-refractivity contribution in [3.05, 3.63) is 53.5 Å². The van der Waals surface area contributed by atoms with E-state index in [0.29, 0.717) is 29.3 Å². The van der Waals surface area contributed by atoms with Crippen LogP contribution in [0.25, 0.3) is 0 Å². The number of carbonyl (C=O) groups is 1. The molecule has 0 radical (unpaired) electrons. The van der Waals surface area contributed by atoms with Gasteiger partial charge < -0.3 is 10.1 Å². The summed E-state index contributed by atoms with van der Waals surface area (Å²) >= 11 is 0. The van der Waals surface area contributed by atoms with Crippen LogP contribution in [0.15, 0.2) is 36.5 Å². The molecular weight excluding hydrogens is 259 g/mol. The Kier molecular flexibility index (Phi) is 4.30. The summed E-state index contributed by atoms with van der Waals surface area (Å²) in [4.78, 5) is 16.2. The third kappa shape index (κ3) is 3.12. The summed E-state index contributed by atoms with van der Waals surface area (Å²) in [7, 11) is 0. The van der Waals surface area contributed by atoms with Gasteiger partial charge in [-0.25, -0.2) is 9.37 Å². The first-order valence-electron chi connectivity index (χ1n) is 6.27. The Morgan fingerprint density at radius 1 is 1.40 bits per heavy atom. The number of aryl methyl sites for hydroxylation is 1. The fraction of sp³-hybridized carbons (Fsp3) is 0.200. The molecule has 104 valence electrons. The largest absolute Gasteiger partial charge is 0.476 e. The van der Waals surface area contributed by atoms with E-state index in [-0.39, 0.29) is 11.7 Å². The maximum absolute atomic E-state index is 13.0. The highest BCUT2D eigenvalue weighted by atomic mass is 19.1. The molecule has 20 heavy (non-hydrogen) atoms. The summed E-state index contributed by atoms with van der Waals surface area (Å²) in [5.41, 5.74) is 1.48. The van der Waals surface area contributed by atoms with Gasteiger partial charge in [0.1, 0.15) is 11.5 Å². The Balaban J connectivity index is 2.23. The van der Waals surface area contributed by atoms with Crippen molar-refractivity contribution in [1.82, 2.24) is 4.98 Å². The lowest BCUT2D eigenvalue weighted by Gasteiger charge is -2.11. The van der Waals surface area contributed by atoms with Gasteiger partial charge in [-0.2, -0.15) is 0 Å². The van der Waals surface area contributed by atoms with Crippen molar-refractivity contribution in [1.29, 1.82) is 0 Å². The second-order valence-electron chi connectivity index (χ2n) is 4.20. The molecule has 1 N–H and O–H groups in total. The molecule has 1 aromatic heterocycles. The van der Waals surface area contributed by atoms with Gasteiger partial charge >= 0.3 is 0 Å². The Morgan fingerprint density at radius 2 is 2.20 bits per heavy atom.